The van der Waals surface area contributed by atoms with E-state index in [9.17, 15) is 13.2 Å². The zero-order valence-electron chi connectivity index (χ0n) is 17.5. The number of nitrogens with two attached hydrogens (primary N) is 1. The molecule has 0 fully saturated rings. The van der Waals surface area contributed by atoms with Crippen LogP contribution < -0.4 is 16.0 Å². The molecule has 0 atom stereocenters. The molecule has 1 aliphatic heterocycles. The lowest BCUT2D eigenvalue weighted by molar-refractivity contribution is -0.673. The molecule has 0 aromatic heterocycles. The van der Waals surface area contributed by atoms with Crippen LogP contribution in [0, 0.1) is 0 Å². The van der Waals surface area contributed by atoms with Crippen molar-refractivity contribution in [1.82, 2.24) is 5.32 Å². The van der Waals surface area contributed by atoms with E-state index in [0.29, 0.717) is 17.3 Å². The highest BCUT2D eigenvalue weighted by Crippen LogP contribution is 2.21. The van der Waals surface area contributed by atoms with Gasteiger partial charge in [-0.05, 0) is 53.1 Å². The molecule has 0 aliphatic carbocycles. The van der Waals surface area contributed by atoms with E-state index in [1.807, 2.05) is 30.3 Å². The maximum atomic E-state index is 12.9. The van der Waals surface area contributed by atoms with E-state index < -0.39 is 9.84 Å². The Morgan fingerprint density at radius 2 is 1.78 bits per heavy atom. The van der Waals surface area contributed by atoms with Gasteiger partial charge in [0.2, 0.25) is 0 Å². The topological polar surface area (TPSA) is 91.9 Å². The summed E-state index contributed by atoms with van der Waals surface area (Å²) in [6.45, 7) is 2.31. The highest BCUT2D eigenvalue weighted by atomic mass is 35.5. The van der Waals surface area contributed by atoms with Crippen molar-refractivity contribution in [3.63, 3.8) is 0 Å². The van der Waals surface area contributed by atoms with Crippen molar-refractivity contribution in [2.24, 2.45) is 0 Å². The van der Waals surface area contributed by atoms with Gasteiger partial charge < -0.3 is 16.0 Å². The average Bonchev–Trinajstić information content (AvgIpc) is 2.78. The van der Waals surface area contributed by atoms with Gasteiger partial charge in [-0.1, -0.05) is 41.9 Å². The number of quaternary nitrogens is 1. The standard InChI is InChI=1S/C24H24ClN3O3S/c25-21-3-1-2-17(13-21)14-27-24(29)28-22-6-8-23(9-7-22)32(30,31)16-18-4-5-20-15-26-11-10-19(20)12-18/h1-9,12-13,26H,10-11,14-16H2,(H2,27,28,29)/p+1. The summed E-state index contributed by atoms with van der Waals surface area (Å²) in [6.07, 6.45) is 0.961. The van der Waals surface area contributed by atoms with Crippen LogP contribution in [0.5, 0.6) is 0 Å². The van der Waals surface area contributed by atoms with Gasteiger partial charge in [0.05, 0.1) is 17.2 Å². The molecule has 4 rings (SSSR count). The number of rotatable bonds is 6. The van der Waals surface area contributed by atoms with E-state index in [1.165, 1.54) is 23.3 Å². The molecule has 4 N–H and O–H groups in total. The van der Waals surface area contributed by atoms with Crippen LogP contribution in [0.3, 0.4) is 0 Å². The van der Waals surface area contributed by atoms with Crippen LogP contribution >= 0.6 is 11.6 Å². The first-order valence-electron chi connectivity index (χ1n) is 10.4. The lowest BCUT2D eigenvalue weighted by atomic mass is 9.99. The van der Waals surface area contributed by atoms with Gasteiger partial charge >= 0.3 is 6.03 Å². The van der Waals surface area contributed by atoms with Crippen LogP contribution in [0.15, 0.2) is 71.6 Å². The second-order valence-electron chi connectivity index (χ2n) is 7.86. The quantitative estimate of drug-likeness (QED) is 0.516. The van der Waals surface area contributed by atoms with Gasteiger partial charge in [0.25, 0.3) is 0 Å². The van der Waals surface area contributed by atoms with Crippen molar-refractivity contribution in [3.05, 3.63) is 94.0 Å². The Morgan fingerprint density at radius 1 is 0.969 bits per heavy atom. The summed E-state index contributed by atoms with van der Waals surface area (Å²) in [6, 6.07) is 19.0. The van der Waals surface area contributed by atoms with E-state index in [1.54, 1.807) is 24.3 Å². The number of halogens is 1. The minimum absolute atomic E-state index is 0.0448. The highest BCUT2D eigenvalue weighted by Gasteiger charge is 2.18. The number of nitrogens with one attached hydrogen (secondary N) is 2. The van der Waals surface area contributed by atoms with Crippen molar-refractivity contribution in [2.45, 2.75) is 30.2 Å². The maximum absolute atomic E-state index is 12.9. The molecule has 2 amide bonds. The number of anilines is 1. The summed E-state index contributed by atoms with van der Waals surface area (Å²) in [7, 11) is -3.48. The number of carbonyl (C=O) groups is 1. The molecule has 32 heavy (non-hydrogen) atoms. The average molecular weight is 471 g/mol. The fourth-order valence-corrected chi connectivity index (χ4v) is 5.32. The molecule has 0 saturated heterocycles. The van der Waals surface area contributed by atoms with Gasteiger partial charge in [0.1, 0.15) is 6.54 Å². The van der Waals surface area contributed by atoms with Crippen LogP contribution in [0.25, 0.3) is 0 Å². The van der Waals surface area contributed by atoms with Crippen molar-refractivity contribution in [1.29, 1.82) is 0 Å². The van der Waals surface area contributed by atoms with Crippen LogP contribution in [-0.2, 0) is 35.1 Å². The summed E-state index contributed by atoms with van der Waals surface area (Å²) >= 11 is 5.95. The smallest absolute Gasteiger partial charge is 0.319 e. The van der Waals surface area contributed by atoms with Gasteiger partial charge in [-0.15, -0.1) is 0 Å². The zero-order valence-corrected chi connectivity index (χ0v) is 19.0. The minimum atomic E-state index is -3.48. The Labute approximate surface area is 192 Å². The normalized spacial score (nSPS) is 13.3. The summed E-state index contributed by atoms with van der Waals surface area (Å²) in [5, 5.41) is 8.32. The second-order valence-corrected chi connectivity index (χ2v) is 10.3. The largest absolute Gasteiger partial charge is 0.342 e. The van der Waals surface area contributed by atoms with E-state index in [2.05, 4.69) is 16.0 Å². The van der Waals surface area contributed by atoms with Crippen molar-refractivity contribution >= 4 is 33.2 Å². The molecule has 6 nitrogen and oxygen atoms in total. The van der Waals surface area contributed by atoms with Crippen LogP contribution in [0.1, 0.15) is 22.3 Å². The van der Waals surface area contributed by atoms with Gasteiger partial charge in [-0.25, -0.2) is 13.2 Å². The number of hydrogen-bond donors (Lipinski definition) is 3. The van der Waals surface area contributed by atoms with Crippen molar-refractivity contribution in [3.8, 4) is 0 Å². The molecule has 0 radical (unpaired) electrons. The van der Waals surface area contributed by atoms with E-state index in [4.69, 9.17) is 11.6 Å². The number of sulfone groups is 1. The Balaban J connectivity index is 1.36. The third-order valence-corrected chi connectivity index (χ3v) is 7.36. The SMILES string of the molecule is O=C(NCc1cccc(Cl)c1)Nc1ccc(S(=O)(=O)Cc2ccc3c(c2)CC[NH2+]C3)cc1. The van der Waals surface area contributed by atoms with Gasteiger partial charge in [-0.3, -0.25) is 0 Å². The van der Waals surface area contributed by atoms with Crippen LogP contribution in [0.4, 0.5) is 10.5 Å². The lowest BCUT2D eigenvalue weighted by Gasteiger charge is -2.15. The highest BCUT2D eigenvalue weighted by molar-refractivity contribution is 7.90. The number of urea groups is 1. The molecule has 8 heteroatoms. The molecule has 1 aliphatic rings. The van der Waals surface area contributed by atoms with E-state index in [0.717, 1.165) is 30.6 Å². The van der Waals surface area contributed by atoms with Crippen LogP contribution in [-0.4, -0.2) is 21.0 Å². The Hall–Kier alpha value is -2.87. The monoisotopic (exact) mass is 470 g/mol. The third kappa shape index (κ3) is 5.68. The number of fused-ring (bicyclic) bond motifs is 1. The molecule has 3 aromatic carbocycles. The molecule has 3 aromatic rings. The first-order chi connectivity index (χ1) is 15.4. The van der Waals surface area contributed by atoms with E-state index in [-0.39, 0.29) is 16.7 Å². The predicted octanol–water partition coefficient (Wildman–Crippen LogP) is 3.26. The van der Waals surface area contributed by atoms with Crippen molar-refractivity contribution < 1.29 is 18.5 Å². The molecular weight excluding hydrogens is 446 g/mol. The molecular formula is C24H25ClN3O3S+. The summed E-state index contributed by atoms with van der Waals surface area (Å²) < 4.78 is 25.7. The van der Waals surface area contributed by atoms with Gasteiger partial charge in [0, 0.05) is 29.2 Å². The van der Waals surface area contributed by atoms with E-state index >= 15 is 0 Å². The van der Waals surface area contributed by atoms with Crippen molar-refractivity contribution in [2.75, 3.05) is 11.9 Å². The Morgan fingerprint density at radius 3 is 2.56 bits per heavy atom. The summed E-state index contributed by atoms with van der Waals surface area (Å²) in [5.74, 6) is -0.0448. The number of carbonyl (C=O) groups excluding carboxylic acids is 1. The van der Waals surface area contributed by atoms with Gasteiger partial charge in [0.15, 0.2) is 9.84 Å². The maximum Gasteiger partial charge on any atom is 0.319 e. The number of hydrogen-bond acceptors (Lipinski definition) is 3. The summed E-state index contributed by atoms with van der Waals surface area (Å²) in [5.41, 5.74) is 4.71. The fraction of sp³-hybridized carbons (Fsp3) is 0.208. The first kappa shape index (κ1) is 22.3. The second kappa shape index (κ2) is 9.73. The molecule has 1 heterocycles. The zero-order chi connectivity index (χ0) is 22.6. The lowest BCUT2D eigenvalue weighted by Crippen LogP contribution is -2.84. The molecule has 0 spiro atoms. The molecule has 0 bridgehead atoms. The molecule has 166 valence electrons. The number of benzene rings is 3. The third-order valence-electron chi connectivity index (χ3n) is 5.42. The Bertz CT molecular complexity index is 1230. The van der Waals surface area contributed by atoms with Crippen LogP contribution in [0.2, 0.25) is 5.02 Å². The minimum Gasteiger partial charge on any atom is -0.342 e. The summed E-state index contributed by atoms with van der Waals surface area (Å²) in [4.78, 5) is 12.4. The number of amides is 2. The first-order valence-corrected chi connectivity index (χ1v) is 12.5. The Kier molecular flexibility index (Phi) is 6.79. The predicted molar refractivity (Wildman–Crippen MR) is 125 cm³/mol. The molecule has 0 unspecified atom stereocenters. The van der Waals surface area contributed by atoms with Gasteiger partial charge in [-0.2, -0.15) is 0 Å². The molecule has 0 saturated carbocycles. The fourth-order valence-electron chi connectivity index (χ4n) is 3.77.